The van der Waals surface area contributed by atoms with Gasteiger partial charge >= 0.3 is 12.1 Å². The van der Waals surface area contributed by atoms with E-state index in [1.807, 2.05) is 0 Å². The Kier molecular flexibility index (Phi) is 7.84. The van der Waals surface area contributed by atoms with Crippen LogP contribution < -0.4 is 0 Å². The Balaban J connectivity index is 1.69. The van der Waals surface area contributed by atoms with Crippen LogP contribution in [0.1, 0.15) is 34.2 Å². The molecule has 0 fully saturated rings. The summed E-state index contributed by atoms with van der Waals surface area (Å²) in [5.74, 6) is -1.64. The number of nitrogens with zero attached hydrogens (tertiary/aromatic N) is 1. The molecular formula is C27H19ClF3NO5S. The van der Waals surface area contributed by atoms with Gasteiger partial charge in [-0.05, 0) is 61.9 Å². The van der Waals surface area contributed by atoms with Gasteiger partial charge in [-0.3, -0.25) is 4.79 Å². The lowest BCUT2D eigenvalue weighted by Gasteiger charge is -2.09. The number of carbonyl (C=O) groups is 2. The first-order chi connectivity index (χ1) is 18.0. The minimum atomic E-state index is -4.64. The standard InChI is InChI=1S/C27H19ClF3NO5S/c1-3-36-26(35)22-23(33)21(38-25(22)32-24(34)17-7-5-4-6-14(17)2)13-16-9-11-20(37-16)15-8-10-19(28)18(12-15)27(29,30)31/h4-13,33H,3H2,1-2H3/b21-13-,32-25?. The van der Waals surface area contributed by atoms with Crippen molar-refractivity contribution in [2.45, 2.75) is 20.0 Å². The van der Waals surface area contributed by atoms with E-state index < -0.39 is 34.4 Å². The summed E-state index contributed by atoms with van der Waals surface area (Å²) in [5, 5.41) is 10.3. The van der Waals surface area contributed by atoms with E-state index in [1.54, 1.807) is 38.1 Å². The molecule has 1 aliphatic heterocycles. The van der Waals surface area contributed by atoms with Crippen molar-refractivity contribution in [2.75, 3.05) is 6.61 Å². The molecule has 38 heavy (non-hydrogen) atoms. The highest BCUT2D eigenvalue weighted by Crippen LogP contribution is 2.41. The minimum Gasteiger partial charge on any atom is -0.506 e. The summed E-state index contributed by atoms with van der Waals surface area (Å²) in [7, 11) is 0. The van der Waals surface area contributed by atoms with Gasteiger partial charge in [0.25, 0.3) is 5.91 Å². The maximum absolute atomic E-state index is 13.2. The average molecular weight is 562 g/mol. The number of benzene rings is 2. The van der Waals surface area contributed by atoms with Crippen LogP contribution >= 0.6 is 23.4 Å². The number of rotatable bonds is 5. The zero-order chi connectivity index (χ0) is 27.6. The molecule has 1 aromatic heterocycles. The van der Waals surface area contributed by atoms with E-state index >= 15 is 0 Å². The number of aliphatic hydroxyl groups excluding tert-OH is 1. The number of ether oxygens (including phenoxy) is 1. The number of aliphatic hydroxyl groups is 1. The number of halogens is 4. The van der Waals surface area contributed by atoms with Gasteiger partial charge in [0, 0.05) is 11.1 Å². The maximum Gasteiger partial charge on any atom is 0.417 e. The summed E-state index contributed by atoms with van der Waals surface area (Å²) >= 11 is 6.55. The van der Waals surface area contributed by atoms with Gasteiger partial charge in [0.2, 0.25) is 0 Å². The Morgan fingerprint density at radius 3 is 2.58 bits per heavy atom. The van der Waals surface area contributed by atoms with Gasteiger partial charge in [0.15, 0.2) is 0 Å². The van der Waals surface area contributed by atoms with Crippen molar-refractivity contribution in [3.63, 3.8) is 0 Å². The largest absolute Gasteiger partial charge is 0.506 e. The number of esters is 1. The van der Waals surface area contributed by atoms with Gasteiger partial charge in [0.1, 0.15) is 27.9 Å². The van der Waals surface area contributed by atoms with Crippen LogP contribution in [-0.4, -0.2) is 28.6 Å². The highest BCUT2D eigenvalue weighted by Gasteiger charge is 2.35. The molecular weight excluding hydrogens is 543 g/mol. The molecule has 2 aromatic carbocycles. The van der Waals surface area contributed by atoms with Gasteiger partial charge in [-0.1, -0.05) is 41.6 Å². The quantitative estimate of drug-likeness (QED) is 0.322. The first-order valence-corrected chi connectivity index (χ1v) is 12.3. The van der Waals surface area contributed by atoms with Crippen LogP contribution in [0.4, 0.5) is 13.2 Å². The highest BCUT2D eigenvalue weighted by molar-refractivity contribution is 8.18. The topological polar surface area (TPSA) is 89.1 Å². The van der Waals surface area contributed by atoms with Crippen molar-refractivity contribution in [1.29, 1.82) is 0 Å². The number of alkyl halides is 3. The highest BCUT2D eigenvalue weighted by atomic mass is 35.5. The van der Waals surface area contributed by atoms with E-state index in [9.17, 15) is 27.9 Å². The molecule has 11 heteroatoms. The molecule has 0 unspecified atom stereocenters. The van der Waals surface area contributed by atoms with Crippen LogP contribution in [0.25, 0.3) is 17.4 Å². The van der Waals surface area contributed by atoms with Crippen LogP contribution in [0.15, 0.2) is 80.2 Å². The molecule has 0 saturated carbocycles. The molecule has 1 N–H and O–H groups in total. The van der Waals surface area contributed by atoms with Crippen molar-refractivity contribution in [3.05, 3.63) is 98.3 Å². The summed E-state index contributed by atoms with van der Waals surface area (Å²) < 4.78 is 50.4. The Morgan fingerprint density at radius 2 is 1.89 bits per heavy atom. The van der Waals surface area contributed by atoms with Crippen LogP contribution in [0.5, 0.6) is 0 Å². The monoisotopic (exact) mass is 561 g/mol. The van der Waals surface area contributed by atoms with Crippen LogP contribution in [0, 0.1) is 6.92 Å². The van der Waals surface area contributed by atoms with E-state index in [-0.39, 0.29) is 39.2 Å². The van der Waals surface area contributed by atoms with Crippen molar-refractivity contribution >= 4 is 46.4 Å². The second kappa shape index (κ2) is 10.9. The van der Waals surface area contributed by atoms with Crippen molar-refractivity contribution in [1.82, 2.24) is 0 Å². The first-order valence-electron chi connectivity index (χ1n) is 11.2. The number of carbonyl (C=O) groups excluding carboxylic acids is 2. The van der Waals surface area contributed by atoms with Crippen LogP contribution in [-0.2, 0) is 15.7 Å². The molecule has 1 aliphatic rings. The summed E-state index contributed by atoms with van der Waals surface area (Å²) in [4.78, 5) is 29.6. The fourth-order valence-electron chi connectivity index (χ4n) is 3.57. The lowest BCUT2D eigenvalue weighted by atomic mass is 10.1. The zero-order valence-corrected chi connectivity index (χ0v) is 21.5. The first kappa shape index (κ1) is 27.3. The van der Waals surface area contributed by atoms with Crippen LogP contribution in [0.3, 0.4) is 0 Å². The smallest absolute Gasteiger partial charge is 0.417 e. The number of furan rings is 1. The zero-order valence-electron chi connectivity index (χ0n) is 19.9. The summed E-state index contributed by atoms with van der Waals surface area (Å²) in [5.41, 5.74) is -0.117. The molecule has 0 atom stereocenters. The summed E-state index contributed by atoms with van der Waals surface area (Å²) in [6, 6.07) is 13.1. The molecule has 1 amide bonds. The molecule has 0 aliphatic carbocycles. The fraction of sp³-hybridized carbons (Fsp3) is 0.148. The van der Waals surface area contributed by atoms with E-state index in [0.29, 0.717) is 11.1 Å². The number of amides is 1. The predicted octanol–water partition coefficient (Wildman–Crippen LogP) is 7.63. The third-order valence-electron chi connectivity index (χ3n) is 5.41. The third kappa shape index (κ3) is 5.71. The Hall–Kier alpha value is -3.76. The lowest BCUT2D eigenvalue weighted by molar-refractivity contribution is -0.138. The van der Waals surface area contributed by atoms with E-state index in [1.165, 1.54) is 24.3 Å². The Labute approximate surface area is 224 Å². The Morgan fingerprint density at radius 1 is 1.16 bits per heavy atom. The SMILES string of the molecule is CCOC(=O)C1=C(O)/C(=C/c2ccc(-c3ccc(Cl)c(C(F)(F)F)c3)o2)SC1=NC(=O)c1ccccc1C. The average Bonchev–Trinajstić information content (AvgIpc) is 3.43. The minimum absolute atomic E-state index is 0.0287. The predicted molar refractivity (Wildman–Crippen MR) is 139 cm³/mol. The molecule has 0 bridgehead atoms. The molecule has 4 rings (SSSR count). The van der Waals surface area contributed by atoms with Gasteiger partial charge in [-0.2, -0.15) is 13.2 Å². The molecule has 2 heterocycles. The number of thioether (sulfide) groups is 1. The molecule has 3 aromatic rings. The maximum atomic E-state index is 13.2. The third-order valence-corrected chi connectivity index (χ3v) is 6.75. The van der Waals surface area contributed by atoms with E-state index in [2.05, 4.69) is 4.99 Å². The van der Waals surface area contributed by atoms with E-state index in [0.717, 1.165) is 23.9 Å². The second-order valence-electron chi connectivity index (χ2n) is 7.99. The normalized spacial score (nSPS) is 15.9. The van der Waals surface area contributed by atoms with Crippen molar-refractivity contribution in [2.24, 2.45) is 4.99 Å². The number of hydrogen-bond acceptors (Lipinski definition) is 6. The fourth-order valence-corrected chi connectivity index (χ4v) is 4.79. The lowest BCUT2D eigenvalue weighted by Crippen LogP contribution is -2.14. The molecule has 196 valence electrons. The molecule has 0 radical (unpaired) electrons. The summed E-state index contributed by atoms with van der Waals surface area (Å²) in [6.45, 7) is 3.36. The van der Waals surface area contributed by atoms with Gasteiger partial charge in [0.05, 0.1) is 22.1 Å². The number of aryl methyl sites for hydroxylation is 1. The number of aliphatic imine (C=N–C) groups is 1. The van der Waals surface area contributed by atoms with Gasteiger partial charge in [-0.15, -0.1) is 0 Å². The summed E-state index contributed by atoms with van der Waals surface area (Å²) in [6.07, 6.45) is -3.26. The molecule has 0 saturated heterocycles. The van der Waals surface area contributed by atoms with Crippen molar-refractivity contribution in [3.8, 4) is 11.3 Å². The van der Waals surface area contributed by atoms with Crippen LogP contribution in [0.2, 0.25) is 5.02 Å². The number of hydrogen-bond donors (Lipinski definition) is 1. The Bertz CT molecular complexity index is 1520. The second-order valence-corrected chi connectivity index (χ2v) is 9.42. The molecule has 0 spiro atoms. The van der Waals surface area contributed by atoms with Gasteiger partial charge < -0.3 is 14.3 Å². The van der Waals surface area contributed by atoms with E-state index in [4.69, 9.17) is 20.8 Å². The van der Waals surface area contributed by atoms with Gasteiger partial charge in [-0.25, -0.2) is 9.79 Å². The molecule has 6 nitrogen and oxygen atoms in total. The van der Waals surface area contributed by atoms with Crippen molar-refractivity contribution < 1.29 is 37.0 Å².